The Hall–Kier alpha value is -4.39. The minimum atomic E-state index is -0.728. The highest BCUT2D eigenvalue weighted by atomic mass is 35.5. The number of halogens is 2. The summed E-state index contributed by atoms with van der Waals surface area (Å²) in [5.41, 5.74) is -0.438. The van der Waals surface area contributed by atoms with Gasteiger partial charge < -0.3 is 23.8 Å². The number of pyridine rings is 2. The van der Waals surface area contributed by atoms with Crippen molar-refractivity contribution in [2.75, 3.05) is 36.5 Å². The van der Waals surface area contributed by atoms with Crippen LogP contribution < -0.4 is 15.0 Å². The van der Waals surface area contributed by atoms with E-state index in [4.69, 9.17) is 30.5 Å². The van der Waals surface area contributed by atoms with Crippen molar-refractivity contribution in [1.29, 1.82) is 0 Å². The average molecular weight is 700 g/mol. The third-order valence-corrected chi connectivity index (χ3v) is 8.53. The minimum absolute atomic E-state index is 0.137. The summed E-state index contributed by atoms with van der Waals surface area (Å²) in [4.78, 5) is 50.5. The van der Waals surface area contributed by atoms with E-state index >= 15 is 4.39 Å². The Kier molecular flexibility index (Phi) is 9.63. The number of likely N-dealkylation sites (tertiary alicyclic amines) is 1. The van der Waals surface area contributed by atoms with Crippen LogP contribution in [0, 0.1) is 18.2 Å². The molecule has 12 nitrogen and oxygen atoms in total. The Morgan fingerprint density at radius 3 is 2.33 bits per heavy atom. The second-order valence-electron chi connectivity index (χ2n) is 15.0. The summed E-state index contributed by atoms with van der Waals surface area (Å²) in [6.45, 7) is 17.5. The molecule has 4 heterocycles. The van der Waals surface area contributed by atoms with E-state index in [9.17, 15) is 14.4 Å². The summed E-state index contributed by atoms with van der Waals surface area (Å²) in [5.74, 6) is -0.292. The highest BCUT2D eigenvalue weighted by molar-refractivity contribution is 6.36. The zero-order chi connectivity index (χ0) is 36.1. The molecule has 0 aliphatic carbocycles. The number of benzene rings is 1. The summed E-state index contributed by atoms with van der Waals surface area (Å²) in [6.07, 6.45) is 1.09. The number of carbonyl (C=O) groups is 3. The number of nitrogens with one attached hydrogen (secondary N) is 1. The molecule has 2 aliphatic rings. The van der Waals surface area contributed by atoms with Gasteiger partial charge in [0, 0.05) is 53.8 Å². The van der Waals surface area contributed by atoms with Crippen molar-refractivity contribution in [3.63, 3.8) is 0 Å². The number of aromatic nitrogens is 2. The van der Waals surface area contributed by atoms with Crippen LogP contribution in [0.4, 0.5) is 30.3 Å². The fraction of sp³-hybridized carbons (Fsp3) is 0.514. The first-order valence-corrected chi connectivity index (χ1v) is 16.5. The van der Waals surface area contributed by atoms with Crippen molar-refractivity contribution >= 4 is 52.2 Å². The van der Waals surface area contributed by atoms with Gasteiger partial charge in [0.2, 0.25) is 5.88 Å². The number of ether oxygens (including phenoxy) is 4. The lowest BCUT2D eigenvalue weighted by Gasteiger charge is -2.43. The van der Waals surface area contributed by atoms with Crippen molar-refractivity contribution < 1.29 is 37.7 Å². The molecule has 0 radical (unpaired) electrons. The number of carbonyl (C=O) groups excluding carboxylic acids is 3. The molecule has 0 saturated carbocycles. The van der Waals surface area contributed by atoms with Crippen LogP contribution in [0.2, 0.25) is 5.02 Å². The van der Waals surface area contributed by atoms with E-state index in [1.807, 2.05) is 34.6 Å². The fourth-order valence-electron chi connectivity index (χ4n) is 5.90. The second kappa shape index (κ2) is 13.1. The molecule has 1 N–H and O–H groups in total. The van der Waals surface area contributed by atoms with Gasteiger partial charge >= 0.3 is 18.3 Å². The highest BCUT2D eigenvalue weighted by Crippen LogP contribution is 2.42. The Morgan fingerprint density at radius 1 is 1.00 bits per heavy atom. The smallest absolute Gasteiger partial charge is 0.415 e. The molecule has 2 aromatic heterocycles. The van der Waals surface area contributed by atoms with Crippen LogP contribution in [0.25, 0.3) is 21.9 Å². The number of anilines is 2. The lowest BCUT2D eigenvalue weighted by atomic mass is 9.81. The van der Waals surface area contributed by atoms with E-state index in [0.29, 0.717) is 47.1 Å². The lowest BCUT2D eigenvalue weighted by Crippen LogP contribution is -2.53. The van der Waals surface area contributed by atoms with E-state index in [2.05, 4.69) is 15.3 Å². The first-order chi connectivity index (χ1) is 22.7. The summed E-state index contributed by atoms with van der Waals surface area (Å²) in [7, 11) is 0. The summed E-state index contributed by atoms with van der Waals surface area (Å²) < 4.78 is 38.5. The average Bonchev–Trinajstić information content (AvgIpc) is 2.98. The number of nitrogens with zero attached hydrogens (tertiary/aromatic N) is 4. The molecule has 1 atom stereocenters. The molecule has 49 heavy (non-hydrogen) atoms. The molecule has 1 unspecified atom stereocenters. The Morgan fingerprint density at radius 2 is 1.67 bits per heavy atom. The van der Waals surface area contributed by atoms with Crippen molar-refractivity contribution in [3.8, 4) is 17.0 Å². The van der Waals surface area contributed by atoms with Gasteiger partial charge in [0.15, 0.2) is 0 Å². The molecular formula is C35H43ClFN5O7. The molecule has 5 rings (SSSR count). The zero-order valence-electron chi connectivity index (χ0n) is 29.3. The molecule has 1 fully saturated rings. The van der Waals surface area contributed by atoms with E-state index in [-0.39, 0.29) is 35.4 Å². The molecule has 2 aliphatic heterocycles. The molecule has 1 aromatic carbocycles. The van der Waals surface area contributed by atoms with Gasteiger partial charge in [-0.05, 0) is 71.5 Å². The molecule has 1 saturated heterocycles. The molecule has 3 aromatic rings. The van der Waals surface area contributed by atoms with Gasteiger partial charge in [-0.2, -0.15) is 0 Å². The van der Waals surface area contributed by atoms with Crippen LogP contribution in [-0.4, -0.2) is 76.7 Å². The quantitative estimate of drug-likeness (QED) is 0.269. The van der Waals surface area contributed by atoms with Crippen molar-refractivity contribution in [2.24, 2.45) is 5.41 Å². The first-order valence-electron chi connectivity index (χ1n) is 16.1. The first kappa shape index (κ1) is 35.9. The van der Waals surface area contributed by atoms with Gasteiger partial charge in [0.1, 0.15) is 41.2 Å². The largest absolute Gasteiger partial charge is 0.474 e. The molecule has 0 bridgehead atoms. The van der Waals surface area contributed by atoms with Crippen molar-refractivity contribution in [3.05, 3.63) is 40.9 Å². The topological polar surface area (TPSA) is 132 Å². The summed E-state index contributed by atoms with van der Waals surface area (Å²) >= 11 is 6.52. The normalized spacial score (nSPS) is 17.6. The van der Waals surface area contributed by atoms with Gasteiger partial charge in [-0.3, -0.25) is 10.2 Å². The number of hydrogen-bond donors (Lipinski definition) is 1. The molecule has 0 spiro atoms. The van der Waals surface area contributed by atoms with Crippen LogP contribution in [-0.2, 0) is 14.2 Å². The number of piperidine rings is 1. The van der Waals surface area contributed by atoms with Crippen LogP contribution in [0.5, 0.6) is 5.88 Å². The monoisotopic (exact) mass is 699 g/mol. The lowest BCUT2D eigenvalue weighted by molar-refractivity contribution is -0.0414. The minimum Gasteiger partial charge on any atom is -0.474 e. The van der Waals surface area contributed by atoms with Crippen LogP contribution in [0.1, 0.15) is 67.4 Å². The van der Waals surface area contributed by atoms with E-state index in [0.717, 1.165) is 0 Å². The van der Waals surface area contributed by atoms with Crippen LogP contribution >= 0.6 is 11.6 Å². The van der Waals surface area contributed by atoms with Crippen LogP contribution in [0.15, 0.2) is 24.5 Å². The third kappa shape index (κ3) is 7.92. The van der Waals surface area contributed by atoms with Gasteiger partial charge in [-0.15, -0.1) is 0 Å². The Labute approximate surface area is 290 Å². The Balaban J connectivity index is 1.37. The maximum atomic E-state index is 15.9. The number of fused-ring (bicyclic) bond motifs is 2. The predicted octanol–water partition coefficient (Wildman–Crippen LogP) is 8.12. The van der Waals surface area contributed by atoms with E-state index in [1.165, 1.54) is 17.3 Å². The molecule has 14 heteroatoms. The standard InChI is InChI=1S/C35H43ClFN5O7/c1-19-22(16-39-29-28(19)42(12-13-46-29)32(45)49-34(5,6)7)21-14-20-15-25(38-17-23(20)26(36)27(21)37)40-30(43)47-24-10-11-41(18-35(24,8)9)31(44)48-33(2,3)4/h14-17,24H,10-13,18H2,1-9H3,(H,38,40,43). The van der Waals surface area contributed by atoms with Crippen molar-refractivity contribution in [2.45, 2.75) is 86.0 Å². The van der Waals surface area contributed by atoms with E-state index < -0.39 is 46.8 Å². The van der Waals surface area contributed by atoms with Gasteiger partial charge in [0.25, 0.3) is 0 Å². The molecule has 3 amide bonds. The number of hydrogen-bond acceptors (Lipinski definition) is 9. The van der Waals surface area contributed by atoms with Gasteiger partial charge in [0.05, 0.1) is 11.6 Å². The summed E-state index contributed by atoms with van der Waals surface area (Å²) in [5, 5.41) is 3.33. The highest BCUT2D eigenvalue weighted by Gasteiger charge is 2.41. The fourth-order valence-corrected chi connectivity index (χ4v) is 6.16. The zero-order valence-corrected chi connectivity index (χ0v) is 30.1. The molecule has 264 valence electrons. The van der Waals surface area contributed by atoms with Crippen molar-refractivity contribution in [1.82, 2.24) is 14.9 Å². The predicted molar refractivity (Wildman–Crippen MR) is 184 cm³/mol. The maximum absolute atomic E-state index is 15.9. The maximum Gasteiger partial charge on any atom is 0.415 e. The summed E-state index contributed by atoms with van der Waals surface area (Å²) in [6, 6.07) is 3.15. The number of amides is 3. The van der Waals surface area contributed by atoms with E-state index in [1.54, 1.807) is 44.7 Å². The van der Waals surface area contributed by atoms with Gasteiger partial charge in [-0.1, -0.05) is 25.4 Å². The van der Waals surface area contributed by atoms with Gasteiger partial charge in [-0.25, -0.2) is 28.7 Å². The second-order valence-corrected chi connectivity index (χ2v) is 15.3. The number of rotatable bonds is 3. The SMILES string of the molecule is Cc1c(-c2cc3cc(NC(=O)OC4CCN(C(=O)OC(C)(C)C)CC4(C)C)ncc3c(Cl)c2F)cnc2c1N(C(=O)OC(C)(C)C)CCO2. The third-order valence-electron chi connectivity index (χ3n) is 8.16. The Bertz CT molecular complexity index is 1800. The van der Waals surface area contributed by atoms with Crippen LogP contribution in [0.3, 0.4) is 0 Å². The molecular weight excluding hydrogens is 657 g/mol.